The van der Waals surface area contributed by atoms with Crippen LogP contribution in [0.4, 0.5) is 11.5 Å². The first-order chi connectivity index (χ1) is 9.67. The molecule has 0 aliphatic rings. The fourth-order valence-electron chi connectivity index (χ4n) is 1.76. The van der Waals surface area contributed by atoms with Crippen molar-refractivity contribution in [3.8, 4) is 5.75 Å². The molecule has 0 saturated heterocycles. The number of fused-ring (bicyclic) bond motifs is 1. The largest absolute Gasteiger partial charge is 0.497 e. The Morgan fingerprint density at radius 1 is 1.35 bits per heavy atom. The van der Waals surface area contributed by atoms with Gasteiger partial charge in [-0.2, -0.15) is 15.1 Å². The first-order valence-electron chi connectivity index (χ1n) is 5.64. The number of nitrogens with zero attached hydrogens (tertiary/aromatic N) is 3. The van der Waals surface area contributed by atoms with Crippen LogP contribution in [0, 0.1) is 0 Å². The third kappa shape index (κ3) is 2.41. The molecule has 0 radical (unpaired) electrons. The van der Waals surface area contributed by atoms with Crippen molar-refractivity contribution in [1.82, 2.24) is 20.2 Å². The number of rotatable bonds is 3. The third-order valence-corrected chi connectivity index (χ3v) is 3.57. The number of nitrogens with one attached hydrogen (secondary N) is 2. The van der Waals surface area contributed by atoms with Gasteiger partial charge in [0, 0.05) is 10.5 Å². The van der Waals surface area contributed by atoms with Gasteiger partial charge < -0.3 is 10.1 Å². The number of anilines is 2. The summed E-state index contributed by atoms with van der Waals surface area (Å²) < 4.78 is 6.08. The predicted molar refractivity (Wildman–Crippen MR) is 80.7 cm³/mol. The lowest BCUT2D eigenvalue weighted by Crippen LogP contribution is -1.97. The van der Waals surface area contributed by atoms with Crippen molar-refractivity contribution in [3.63, 3.8) is 0 Å². The number of benzene rings is 1. The van der Waals surface area contributed by atoms with E-state index in [9.17, 15) is 0 Å². The van der Waals surface area contributed by atoms with Gasteiger partial charge in [-0.3, -0.25) is 5.10 Å². The first kappa shape index (κ1) is 13.1. The maximum Gasteiger partial charge on any atom is 0.226 e. The highest BCUT2D eigenvalue weighted by Crippen LogP contribution is 2.31. The maximum absolute atomic E-state index is 5.90. The number of halogens is 2. The zero-order valence-electron chi connectivity index (χ0n) is 10.3. The average Bonchev–Trinajstić information content (AvgIpc) is 2.89. The molecular weight excluding hydrogens is 346 g/mol. The van der Waals surface area contributed by atoms with Crippen molar-refractivity contribution in [2.75, 3.05) is 12.4 Å². The molecule has 2 heterocycles. The Morgan fingerprint density at radius 2 is 2.20 bits per heavy atom. The lowest BCUT2D eigenvalue weighted by molar-refractivity contribution is 0.415. The summed E-state index contributed by atoms with van der Waals surface area (Å²) in [6.45, 7) is 0. The van der Waals surface area contributed by atoms with E-state index in [1.54, 1.807) is 13.3 Å². The summed E-state index contributed by atoms with van der Waals surface area (Å²) in [5.41, 5.74) is 1.38. The standard InChI is InChI=1S/C12H9BrClN5O/c1-20-6-2-3-8(13)9(4-6)16-10-7-5-15-19-11(7)18-12(14)17-10/h2-5H,1H3,(H2,15,16,17,18,19). The van der Waals surface area contributed by atoms with E-state index >= 15 is 0 Å². The highest BCUT2D eigenvalue weighted by atomic mass is 79.9. The third-order valence-electron chi connectivity index (χ3n) is 2.71. The number of ether oxygens (including phenoxy) is 1. The van der Waals surface area contributed by atoms with Crippen LogP contribution >= 0.6 is 27.5 Å². The predicted octanol–water partition coefficient (Wildman–Crippen LogP) is 3.52. The molecule has 0 amide bonds. The lowest BCUT2D eigenvalue weighted by Gasteiger charge is -2.10. The van der Waals surface area contributed by atoms with Crippen LogP contribution in [0.2, 0.25) is 5.28 Å². The molecule has 0 saturated carbocycles. The van der Waals surface area contributed by atoms with Gasteiger partial charge >= 0.3 is 0 Å². The maximum atomic E-state index is 5.90. The number of aromatic nitrogens is 4. The molecule has 0 bridgehead atoms. The summed E-state index contributed by atoms with van der Waals surface area (Å²) in [4.78, 5) is 8.24. The Hall–Kier alpha value is -1.86. The van der Waals surface area contributed by atoms with Gasteiger partial charge in [0.15, 0.2) is 5.65 Å². The number of H-pyrrole nitrogens is 1. The van der Waals surface area contributed by atoms with Gasteiger partial charge in [0.1, 0.15) is 11.6 Å². The molecule has 3 aromatic rings. The fraction of sp³-hybridized carbons (Fsp3) is 0.0833. The summed E-state index contributed by atoms with van der Waals surface area (Å²) in [5.74, 6) is 1.31. The zero-order valence-corrected chi connectivity index (χ0v) is 12.7. The normalized spacial score (nSPS) is 10.8. The summed E-state index contributed by atoms with van der Waals surface area (Å²) in [6, 6.07) is 5.60. The summed E-state index contributed by atoms with van der Waals surface area (Å²) >= 11 is 9.37. The molecule has 0 spiro atoms. The van der Waals surface area contributed by atoms with E-state index in [1.807, 2.05) is 18.2 Å². The monoisotopic (exact) mass is 353 g/mol. The molecule has 2 N–H and O–H groups in total. The van der Waals surface area contributed by atoms with Crippen LogP contribution in [0.25, 0.3) is 11.0 Å². The smallest absolute Gasteiger partial charge is 0.226 e. The lowest BCUT2D eigenvalue weighted by atomic mass is 10.3. The number of hydrogen-bond acceptors (Lipinski definition) is 5. The van der Waals surface area contributed by atoms with Crippen LogP contribution in [0.1, 0.15) is 0 Å². The number of hydrogen-bond donors (Lipinski definition) is 2. The van der Waals surface area contributed by atoms with Crippen molar-refractivity contribution >= 4 is 50.1 Å². The second-order valence-electron chi connectivity index (χ2n) is 3.94. The highest BCUT2D eigenvalue weighted by molar-refractivity contribution is 9.10. The van der Waals surface area contributed by atoms with Crippen molar-refractivity contribution in [2.24, 2.45) is 0 Å². The Labute approximate surface area is 127 Å². The highest BCUT2D eigenvalue weighted by Gasteiger charge is 2.10. The molecule has 102 valence electrons. The molecule has 0 atom stereocenters. The quantitative estimate of drug-likeness (QED) is 0.704. The SMILES string of the molecule is COc1ccc(Br)c(Nc2nc(Cl)nc3[nH]ncc23)c1. The van der Waals surface area contributed by atoms with Crippen molar-refractivity contribution in [1.29, 1.82) is 0 Å². The Morgan fingerprint density at radius 3 is 3.00 bits per heavy atom. The van der Waals surface area contributed by atoms with Gasteiger partial charge in [0.2, 0.25) is 5.28 Å². The summed E-state index contributed by atoms with van der Waals surface area (Å²) in [6.07, 6.45) is 1.64. The number of methoxy groups -OCH3 is 1. The van der Waals surface area contributed by atoms with E-state index in [1.165, 1.54) is 0 Å². The Balaban J connectivity index is 2.07. The molecule has 6 nitrogen and oxygen atoms in total. The summed E-state index contributed by atoms with van der Waals surface area (Å²) in [7, 11) is 1.61. The second kappa shape index (κ2) is 5.26. The molecule has 2 aromatic heterocycles. The molecule has 0 unspecified atom stereocenters. The first-order valence-corrected chi connectivity index (χ1v) is 6.81. The molecule has 0 aliphatic heterocycles. The molecular formula is C12H9BrClN5O. The van der Waals surface area contributed by atoms with E-state index in [-0.39, 0.29) is 5.28 Å². The summed E-state index contributed by atoms with van der Waals surface area (Å²) in [5, 5.41) is 10.8. The van der Waals surface area contributed by atoms with Crippen molar-refractivity contribution < 1.29 is 4.74 Å². The van der Waals surface area contributed by atoms with Crippen LogP contribution in [0.15, 0.2) is 28.9 Å². The van der Waals surface area contributed by atoms with Crippen LogP contribution in [0.3, 0.4) is 0 Å². The molecule has 0 fully saturated rings. The topological polar surface area (TPSA) is 75.7 Å². The van der Waals surface area contributed by atoms with E-state index in [0.29, 0.717) is 11.5 Å². The molecule has 20 heavy (non-hydrogen) atoms. The van der Waals surface area contributed by atoms with E-state index < -0.39 is 0 Å². The van der Waals surface area contributed by atoms with Gasteiger partial charge in [-0.1, -0.05) is 0 Å². The molecule has 0 aliphatic carbocycles. The van der Waals surface area contributed by atoms with E-state index in [0.717, 1.165) is 21.3 Å². The van der Waals surface area contributed by atoms with Crippen LogP contribution in [0.5, 0.6) is 5.75 Å². The average molecular weight is 355 g/mol. The Bertz CT molecular complexity index is 776. The Kier molecular flexibility index (Phi) is 3.45. The second-order valence-corrected chi connectivity index (χ2v) is 5.14. The van der Waals surface area contributed by atoms with Gasteiger partial charge in [-0.25, -0.2) is 0 Å². The minimum absolute atomic E-state index is 0.142. The minimum Gasteiger partial charge on any atom is -0.497 e. The fourth-order valence-corrected chi connectivity index (χ4v) is 2.27. The molecule has 8 heteroatoms. The molecule has 3 rings (SSSR count). The van der Waals surface area contributed by atoms with Gasteiger partial charge in [0.05, 0.1) is 24.4 Å². The van der Waals surface area contributed by atoms with Gasteiger partial charge in [0.25, 0.3) is 0 Å². The zero-order chi connectivity index (χ0) is 14.1. The van der Waals surface area contributed by atoms with Crippen molar-refractivity contribution in [3.05, 3.63) is 34.2 Å². The van der Waals surface area contributed by atoms with E-state index in [4.69, 9.17) is 16.3 Å². The number of aromatic amines is 1. The van der Waals surface area contributed by atoms with Crippen LogP contribution < -0.4 is 10.1 Å². The minimum atomic E-state index is 0.142. The van der Waals surface area contributed by atoms with Crippen molar-refractivity contribution in [2.45, 2.75) is 0 Å². The molecule has 1 aromatic carbocycles. The van der Waals surface area contributed by atoms with Crippen LogP contribution in [-0.2, 0) is 0 Å². The van der Waals surface area contributed by atoms with Crippen LogP contribution in [-0.4, -0.2) is 27.3 Å². The van der Waals surface area contributed by atoms with E-state index in [2.05, 4.69) is 41.4 Å². The van der Waals surface area contributed by atoms with Gasteiger partial charge in [-0.15, -0.1) is 0 Å². The van der Waals surface area contributed by atoms with Gasteiger partial charge in [-0.05, 0) is 39.7 Å².